The molecule has 18 heavy (non-hydrogen) atoms. The second-order valence-corrected chi connectivity index (χ2v) is 4.17. The zero-order valence-electron chi connectivity index (χ0n) is 10.4. The van der Waals surface area contributed by atoms with Gasteiger partial charge in [0.1, 0.15) is 5.76 Å². The summed E-state index contributed by atoms with van der Waals surface area (Å²) in [4.78, 5) is 0. The quantitative estimate of drug-likeness (QED) is 0.769. The van der Waals surface area contributed by atoms with Crippen LogP contribution in [0, 0.1) is 0 Å². The van der Waals surface area contributed by atoms with Crippen molar-refractivity contribution >= 4 is 0 Å². The second-order valence-electron chi connectivity index (χ2n) is 4.17. The van der Waals surface area contributed by atoms with Gasteiger partial charge in [-0.3, -0.25) is 4.68 Å². The first-order chi connectivity index (χ1) is 8.79. The molecule has 98 valence electrons. The second kappa shape index (κ2) is 6.32. The monoisotopic (exact) mass is 250 g/mol. The molecule has 0 radical (unpaired) electrons. The van der Waals surface area contributed by atoms with E-state index in [1.165, 1.54) is 0 Å². The van der Waals surface area contributed by atoms with Crippen molar-refractivity contribution in [3.8, 4) is 0 Å². The Balaban J connectivity index is 1.81. The average Bonchev–Trinajstić information content (AvgIpc) is 3.04. The highest BCUT2D eigenvalue weighted by atomic mass is 16.3. The molecule has 0 aliphatic rings. The standard InChI is InChI=1S/C12H18N4O2/c1-10(12-4-2-7-18-12)13-8-11-9-16(15-14-11)5-3-6-17/h2,4,7,9-10,13,17H,3,5-6,8H2,1H3/t10-/m1/s1. The molecule has 6 nitrogen and oxygen atoms in total. The molecule has 0 bridgehead atoms. The third kappa shape index (κ3) is 3.41. The number of hydrogen-bond acceptors (Lipinski definition) is 5. The minimum atomic E-state index is 0.141. The molecule has 0 saturated heterocycles. The highest BCUT2D eigenvalue weighted by molar-refractivity contribution is 5.03. The van der Waals surface area contributed by atoms with Crippen LogP contribution in [0.3, 0.4) is 0 Å². The summed E-state index contributed by atoms with van der Waals surface area (Å²) in [5, 5.41) is 20.1. The van der Waals surface area contributed by atoms with Crippen molar-refractivity contribution in [3.63, 3.8) is 0 Å². The minimum absolute atomic E-state index is 0.141. The summed E-state index contributed by atoms with van der Waals surface area (Å²) < 4.78 is 7.05. The maximum absolute atomic E-state index is 8.73. The topological polar surface area (TPSA) is 76.1 Å². The summed E-state index contributed by atoms with van der Waals surface area (Å²) >= 11 is 0. The molecule has 6 heteroatoms. The van der Waals surface area contributed by atoms with Gasteiger partial charge in [-0.25, -0.2) is 0 Å². The SMILES string of the molecule is C[C@@H](NCc1cn(CCCO)nn1)c1ccco1. The Labute approximate surface area is 106 Å². The van der Waals surface area contributed by atoms with Crippen LogP contribution in [0.2, 0.25) is 0 Å². The molecular weight excluding hydrogens is 232 g/mol. The molecular formula is C12H18N4O2. The molecule has 0 unspecified atom stereocenters. The molecule has 2 aromatic heterocycles. The lowest BCUT2D eigenvalue weighted by Crippen LogP contribution is -2.17. The number of furan rings is 1. The van der Waals surface area contributed by atoms with Crippen LogP contribution in [-0.4, -0.2) is 26.7 Å². The van der Waals surface area contributed by atoms with Crippen molar-refractivity contribution in [1.29, 1.82) is 0 Å². The van der Waals surface area contributed by atoms with Gasteiger partial charge < -0.3 is 14.8 Å². The molecule has 0 fully saturated rings. The third-order valence-electron chi connectivity index (χ3n) is 2.69. The number of aliphatic hydroxyl groups is 1. The summed E-state index contributed by atoms with van der Waals surface area (Å²) in [5.41, 5.74) is 0.881. The van der Waals surface area contributed by atoms with Crippen molar-refractivity contribution in [2.75, 3.05) is 6.61 Å². The number of hydrogen-bond donors (Lipinski definition) is 2. The lowest BCUT2D eigenvalue weighted by molar-refractivity contribution is 0.276. The van der Waals surface area contributed by atoms with E-state index in [0.717, 1.165) is 11.5 Å². The predicted octanol–water partition coefficient (Wildman–Crippen LogP) is 1.10. The van der Waals surface area contributed by atoms with Gasteiger partial charge in [0.15, 0.2) is 0 Å². The number of nitrogens with zero attached hydrogens (tertiary/aromatic N) is 3. The smallest absolute Gasteiger partial charge is 0.120 e. The normalized spacial score (nSPS) is 12.8. The van der Waals surface area contributed by atoms with Crippen LogP contribution >= 0.6 is 0 Å². The van der Waals surface area contributed by atoms with Gasteiger partial charge in [-0.1, -0.05) is 5.21 Å². The summed E-state index contributed by atoms with van der Waals surface area (Å²) in [6.07, 6.45) is 4.25. The van der Waals surface area contributed by atoms with Gasteiger partial charge in [-0.2, -0.15) is 0 Å². The van der Waals surface area contributed by atoms with E-state index in [2.05, 4.69) is 15.6 Å². The van der Waals surface area contributed by atoms with Crippen LogP contribution in [0.25, 0.3) is 0 Å². The van der Waals surface area contributed by atoms with Crippen molar-refractivity contribution in [3.05, 3.63) is 36.0 Å². The van der Waals surface area contributed by atoms with E-state index in [1.54, 1.807) is 10.9 Å². The number of aromatic nitrogens is 3. The van der Waals surface area contributed by atoms with Crippen LogP contribution in [0.4, 0.5) is 0 Å². The number of rotatable bonds is 7. The molecule has 1 atom stereocenters. The Morgan fingerprint density at radius 2 is 2.44 bits per heavy atom. The third-order valence-corrected chi connectivity index (χ3v) is 2.69. The fourth-order valence-corrected chi connectivity index (χ4v) is 1.66. The summed E-state index contributed by atoms with van der Waals surface area (Å²) in [5.74, 6) is 0.905. The average molecular weight is 250 g/mol. The molecule has 2 N–H and O–H groups in total. The van der Waals surface area contributed by atoms with Crippen LogP contribution in [0.5, 0.6) is 0 Å². The molecule has 2 aromatic rings. The Bertz CT molecular complexity index is 452. The molecule has 0 aliphatic heterocycles. The van der Waals surface area contributed by atoms with Crippen molar-refractivity contribution in [2.45, 2.75) is 32.5 Å². The van der Waals surface area contributed by atoms with Gasteiger partial charge >= 0.3 is 0 Å². The van der Waals surface area contributed by atoms with E-state index >= 15 is 0 Å². The van der Waals surface area contributed by atoms with Gasteiger partial charge in [0, 0.05) is 25.9 Å². The summed E-state index contributed by atoms with van der Waals surface area (Å²) in [7, 11) is 0. The Hall–Kier alpha value is -1.66. The van der Waals surface area contributed by atoms with Crippen molar-refractivity contribution < 1.29 is 9.52 Å². The van der Waals surface area contributed by atoms with E-state index in [-0.39, 0.29) is 12.6 Å². The van der Waals surface area contributed by atoms with Crippen LogP contribution in [0.1, 0.15) is 30.8 Å². The molecule has 2 heterocycles. The van der Waals surface area contributed by atoms with Crippen molar-refractivity contribution in [1.82, 2.24) is 20.3 Å². The van der Waals surface area contributed by atoms with E-state index in [9.17, 15) is 0 Å². The molecule has 0 spiro atoms. The van der Waals surface area contributed by atoms with Gasteiger partial charge in [-0.15, -0.1) is 5.10 Å². The largest absolute Gasteiger partial charge is 0.468 e. The first-order valence-corrected chi connectivity index (χ1v) is 6.06. The van der Waals surface area contributed by atoms with Gasteiger partial charge in [-0.05, 0) is 25.5 Å². The summed E-state index contributed by atoms with van der Waals surface area (Å²) in [6, 6.07) is 3.96. The van der Waals surface area contributed by atoms with Crippen LogP contribution in [0.15, 0.2) is 29.0 Å². The fraction of sp³-hybridized carbons (Fsp3) is 0.500. The van der Waals surface area contributed by atoms with E-state index in [1.807, 2.05) is 25.3 Å². The van der Waals surface area contributed by atoms with Gasteiger partial charge in [0.05, 0.1) is 18.0 Å². The Kier molecular flexibility index (Phi) is 4.49. The molecule has 0 aliphatic carbocycles. The minimum Gasteiger partial charge on any atom is -0.468 e. The molecule has 0 saturated carbocycles. The zero-order chi connectivity index (χ0) is 12.8. The lowest BCUT2D eigenvalue weighted by atomic mass is 10.2. The fourth-order valence-electron chi connectivity index (χ4n) is 1.66. The van der Waals surface area contributed by atoms with E-state index < -0.39 is 0 Å². The van der Waals surface area contributed by atoms with Crippen LogP contribution in [-0.2, 0) is 13.1 Å². The van der Waals surface area contributed by atoms with E-state index in [4.69, 9.17) is 9.52 Å². The van der Waals surface area contributed by atoms with Crippen molar-refractivity contribution in [2.24, 2.45) is 0 Å². The Morgan fingerprint density at radius 1 is 1.56 bits per heavy atom. The van der Waals surface area contributed by atoms with E-state index in [0.29, 0.717) is 19.5 Å². The van der Waals surface area contributed by atoms with Gasteiger partial charge in [0.25, 0.3) is 0 Å². The first-order valence-electron chi connectivity index (χ1n) is 6.06. The highest BCUT2D eigenvalue weighted by Crippen LogP contribution is 2.12. The first kappa shape index (κ1) is 12.8. The number of aliphatic hydroxyl groups excluding tert-OH is 1. The number of aryl methyl sites for hydroxylation is 1. The maximum Gasteiger partial charge on any atom is 0.120 e. The molecule has 0 amide bonds. The zero-order valence-corrected chi connectivity index (χ0v) is 10.4. The van der Waals surface area contributed by atoms with Crippen LogP contribution < -0.4 is 5.32 Å². The Morgan fingerprint density at radius 3 is 3.17 bits per heavy atom. The highest BCUT2D eigenvalue weighted by Gasteiger charge is 2.08. The predicted molar refractivity (Wildman–Crippen MR) is 65.7 cm³/mol. The lowest BCUT2D eigenvalue weighted by Gasteiger charge is -2.09. The molecule has 0 aromatic carbocycles. The van der Waals surface area contributed by atoms with Gasteiger partial charge in [0.2, 0.25) is 0 Å². The number of nitrogens with one attached hydrogen (secondary N) is 1. The summed E-state index contributed by atoms with van der Waals surface area (Å²) in [6.45, 7) is 3.54. The maximum atomic E-state index is 8.73. The molecule has 2 rings (SSSR count).